The molecule has 0 aliphatic carbocycles. The van der Waals surface area contributed by atoms with E-state index in [9.17, 15) is 9.59 Å². The van der Waals surface area contributed by atoms with Gasteiger partial charge in [-0.2, -0.15) is 0 Å². The first-order valence-corrected chi connectivity index (χ1v) is 6.04. The number of rotatable bonds is 5. The van der Waals surface area contributed by atoms with E-state index in [-0.39, 0.29) is 18.1 Å². The van der Waals surface area contributed by atoms with E-state index in [0.717, 1.165) is 0 Å². The fourth-order valence-corrected chi connectivity index (χ4v) is 1.56. The number of hydrogen-bond donors (Lipinski definition) is 3. The van der Waals surface area contributed by atoms with Crippen molar-refractivity contribution >= 4 is 23.3 Å². The van der Waals surface area contributed by atoms with Gasteiger partial charge in [-0.15, -0.1) is 0 Å². The van der Waals surface area contributed by atoms with E-state index in [1.165, 1.54) is 0 Å². The molecule has 1 rings (SSSR count). The number of amides is 1. The van der Waals surface area contributed by atoms with E-state index in [4.69, 9.17) is 10.5 Å². The van der Waals surface area contributed by atoms with Crippen LogP contribution in [-0.2, 0) is 9.53 Å². The Morgan fingerprint density at radius 1 is 1.42 bits per heavy atom. The number of hydrogen-bond acceptors (Lipinski definition) is 5. The molecule has 104 valence electrons. The third-order valence-electron chi connectivity index (χ3n) is 2.57. The smallest absolute Gasteiger partial charge is 0.340 e. The van der Waals surface area contributed by atoms with Crippen LogP contribution >= 0.6 is 0 Å². The molecule has 1 atom stereocenters. The highest BCUT2D eigenvalue weighted by Crippen LogP contribution is 2.19. The highest BCUT2D eigenvalue weighted by atomic mass is 16.5. The zero-order valence-electron chi connectivity index (χ0n) is 11.3. The third kappa shape index (κ3) is 3.87. The number of carbonyl (C=O) groups excluding carboxylic acids is 2. The maximum absolute atomic E-state index is 11.7. The average Bonchev–Trinajstić information content (AvgIpc) is 2.40. The lowest BCUT2D eigenvalue weighted by molar-refractivity contribution is -0.121. The molecule has 0 fully saturated rings. The molecule has 6 nitrogen and oxygen atoms in total. The molecule has 0 aliphatic heterocycles. The Balaban J connectivity index is 2.90. The molecule has 0 bridgehead atoms. The first-order valence-electron chi connectivity index (χ1n) is 6.04. The van der Waals surface area contributed by atoms with E-state index in [1.54, 1.807) is 39.1 Å². The Morgan fingerprint density at radius 2 is 2.11 bits per heavy atom. The quantitative estimate of drug-likeness (QED) is 0.545. The van der Waals surface area contributed by atoms with Crippen molar-refractivity contribution in [3.05, 3.63) is 23.8 Å². The van der Waals surface area contributed by atoms with E-state index in [2.05, 4.69) is 10.6 Å². The minimum atomic E-state index is -0.476. The molecule has 1 aromatic carbocycles. The zero-order chi connectivity index (χ0) is 14.4. The molecule has 1 amide bonds. The van der Waals surface area contributed by atoms with Crippen molar-refractivity contribution in [3.63, 3.8) is 0 Å². The first-order chi connectivity index (χ1) is 8.99. The summed E-state index contributed by atoms with van der Waals surface area (Å²) in [5, 5.41) is 5.52. The molecule has 0 heterocycles. The molecule has 0 aromatic heterocycles. The molecule has 0 aliphatic rings. The van der Waals surface area contributed by atoms with Gasteiger partial charge in [-0.1, -0.05) is 0 Å². The molecule has 1 unspecified atom stereocenters. The van der Waals surface area contributed by atoms with Crippen molar-refractivity contribution in [2.75, 3.05) is 24.7 Å². The second-order valence-electron chi connectivity index (χ2n) is 4.00. The number of nitrogen functional groups attached to an aromatic ring is 1. The Kier molecular flexibility index (Phi) is 5.17. The van der Waals surface area contributed by atoms with Crippen molar-refractivity contribution < 1.29 is 14.3 Å². The highest BCUT2D eigenvalue weighted by Gasteiger charge is 2.14. The molecular formula is C13H19N3O3. The van der Waals surface area contributed by atoms with E-state index in [1.807, 2.05) is 0 Å². The van der Waals surface area contributed by atoms with Crippen LogP contribution in [0.3, 0.4) is 0 Å². The van der Waals surface area contributed by atoms with Crippen molar-refractivity contribution in [1.29, 1.82) is 0 Å². The van der Waals surface area contributed by atoms with Crippen LogP contribution in [0, 0.1) is 0 Å². The predicted molar refractivity (Wildman–Crippen MR) is 74.0 cm³/mol. The molecule has 0 saturated heterocycles. The zero-order valence-corrected chi connectivity index (χ0v) is 11.3. The fraction of sp³-hybridized carbons (Fsp3) is 0.385. The maximum atomic E-state index is 11.7. The normalized spacial score (nSPS) is 11.5. The molecule has 1 aromatic rings. The summed E-state index contributed by atoms with van der Waals surface area (Å²) < 4.78 is 4.91. The second kappa shape index (κ2) is 6.63. The van der Waals surface area contributed by atoms with Gasteiger partial charge < -0.3 is 21.1 Å². The van der Waals surface area contributed by atoms with Gasteiger partial charge in [0.2, 0.25) is 5.91 Å². The summed E-state index contributed by atoms with van der Waals surface area (Å²) in [6.45, 7) is 3.73. The van der Waals surface area contributed by atoms with Gasteiger partial charge in [-0.25, -0.2) is 4.79 Å². The number of nitrogens with two attached hydrogens (primary N) is 1. The number of benzene rings is 1. The Morgan fingerprint density at radius 3 is 2.68 bits per heavy atom. The lowest BCUT2D eigenvalue weighted by atomic mass is 10.1. The van der Waals surface area contributed by atoms with Gasteiger partial charge in [0.25, 0.3) is 0 Å². The van der Waals surface area contributed by atoms with Crippen LogP contribution in [0.1, 0.15) is 24.2 Å². The number of anilines is 2. The summed E-state index contributed by atoms with van der Waals surface area (Å²) in [7, 11) is 1.56. The van der Waals surface area contributed by atoms with Crippen LogP contribution in [-0.4, -0.2) is 31.6 Å². The molecular weight excluding hydrogens is 246 g/mol. The van der Waals surface area contributed by atoms with Gasteiger partial charge in [0.1, 0.15) is 6.04 Å². The second-order valence-corrected chi connectivity index (χ2v) is 4.00. The fourth-order valence-electron chi connectivity index (χ4n) is 1.56. The molecule has 19 heavy (non-hydrogen) atoms. The number of esters is 1. The van der Waals surface area contributed by atoms with Crippen LogP contribution in [0.2, 0.25) is 0 Å². The minimum Gasteiger partial charge on any atom is -0.462 e. The number of carbonyl (C=O) groups is 2. The predicted octanol–water partition coefficient (Wildman–Crippen LogP) is 0.992. The third-order valence-corrected chi connectivity index (χ3v) is 2.57. The average molecular weight is 265 g/mol. The lowest BCUT2D eigenvalue weighted by Crippen LogP contribution is -2.35. The van der Waals surface area contributed by atoms with E-state index < -0.39 is 12.0 Å². The minimum absolute atomic E-state index is 0.144. The Labute approximate surface area is 112 Å². The summed E-state index contributed by atoms with van der Waals surface area (Å²) in [6, 6.07) is 4.47. The first kappa shape index (κ1) is 14.8. The van der Waals surface area contributed by atoms with Gasteiger partial charge in [0.05, 0.1) is 12.2 Å². The van der Waals surface area contributed by atoms with Gasteiger partial charge >= 0.3 is 5.97 Å². The standard InChI is InChI=1S/C13H19N3O3/c1-4-19-13(18)10-7-9(5-6-11(10)14)16-8(2)12(17)15-3/h5-8,16H,4,14H2,1-3H3,(H,15,17). The van der Waals surface area contributed by atoms with Gasteiger partial charge in [-0.05, 0) is 32.0 Å². The molecule has 0 radical (unpaired) electrons. The van der Waals surface area contributed by atoms with Crippen LogP contribution in [0.4, 0.5) is 11.4 Å². The molecule has 4 N–H and O–H groups in total. The number of likely N-dealkylation sites (N-methyl/N-ethyl adjacent to an activating group) is 1. The molecule has 6 heteroatoms. The summed E-state index contributed by atoms with van der Waals surface area (Å²) in [5.74, 6) is -0.620. The Hall–Kier alpha value is -2.24. The van der Waals surface area contributed by atoms with Crippen molar-refractivity contribution in [2.45, 2.75) is 19.9 Å². The molecule has 0 spiro atoms. The van der Waals surface area contributed by atoms with Gasteiger partial charge in [0, 0.05) is 18.4 Å². The summed E-state index contributed by atoms with van der Waals surface area (Å²) in [5.41, 5.74) is 6.99. The SMILES string of the molecule is CCOC(=O)c1cc(NC(C)C(=O)NC)ccc1N. The van der Waals surface area contributed by atoms with Crippen molar-refractivity contribution in [3.8, 4) is 0 Å². The maximum Gasteiger partial charge on any atom is 0.340 e. The number of nitrogens with one attached hydrogen (secondary N) is 2. The van der Waals surface area contributed by atoms with Gasteiger partial charge in [-0.3, -0.25) is 4.79 Å². The number of ether oxygens (including phenoxy) is 1. The topological polar surface area (TPSA) is 93.4 Å². The highest BCUT2D eigenvalue weighted by molar-refractivity contribution is 5.96. The Bertz CT molecular complexity index is 474. The van der Waals surface area contributed by atoms with Crippen LogP contribution in [0.25, 0.3) is 0 Å². The summed E-state index contributed by atoms with van der Waals surface area (Å²) >= 11 is 0. The summed E-state index contributed by atoms with van der Waals surface area (Å²) in [6.07, 6.45) is 0. The van der Waals surface area contributed by atoms with Crippen LogP contribution in [0.5, 0.6) is 0 Å². The largest absolute Gasteiger partial charge is 0.462 e. The summed E-state index contributed by atoms with van der Waals surface area (Å²) in [4.78, 5) is 23.1. The van der Waals surface area contributed by atoms with Crippen molar-refractivity contribution in [2.24, 2.45) is 0 Å². The van der Waals surface area contributed by atoms with E-state index >= 15 is 0 Å². The lowest BCUT2D eigenvalue weighted by Gasteiger charge is -2.15. The monoisotopic (exact) mass is 265 g/mol. The van der Waals surface area contributed by atoms with E-state index in [0.29, 0.717) is 11.4 Å². The molecule has 0 saturated carbocycles. The van der Waals surface area contributed by atoms with Gasteiger partial charge in [0.15, 0.2) is 0 Å². The van der Waals surface area contributed by atoms with Crippen LogP contribution in [0.15, 0.2) is 18.2 Å². The van der Waals surface area contributed by atoms with Crippen LogP contribution < -0.4 is 16.4 Å². The van der Waals surface area contributed by atoms with Crippen molar-refractivity contribution in [1.82, 2.24) is 5.32 Å².